The van der Waals surface area contributed by atoms with Gasteiger partial charge in [0.05, 0.1) is 6.33 Å². The summed E-state index contributed by atoms with van der Waals surface area (Å²) in [6, 6.07) is 8.01. The molecule has 3 heterocycles. The van der Waals surface area contributed by atoms with Crippen molar-refractivity contribution in [3.05, 3.63) is 39.7 Å². The number of ether oxygens (including phenoxy) is 1. The second kappa shape index (κ2) is 9.50. The Morgan fingerprint density at radius 1 is 1.31 bits per heavy atom. The maximum atomic E-state index is 10.6. The van der Waals surface area contributed by atoms with Gasteiger partial charge in [-0.2, -0.15) is 9.97 Å². The van der Waals surface area contributed by atoms with Gasteiger partial charge in [0.15, 0.2) is 29.4 Å². The molecule has 0 bridgehead atoms. The Kier molecular flexibility index (Phi) is 6.71. The van der Waals surface area contributed by atoms with Crippen LogP contribution in [0.2, 0.25) is 0 Å². The lowest BCUT2D eigenvalue weighted by atomic mass is 10.1. The average molecular weight is 555 g/mol. The Hall–Kier alpha value is -2.59. The Labute approximate surface area is 196 Å². The van der Waals surface area contributed by atoms with Gasteiger partial charge in [0.1, 0.15) is 18.3 Å². The number of aromatic nitrogens is 4. The molecular weight excluding hydrogens is 533 g/mol. The summed E-state index contributed by atoms with van der Waals surface area (Å²) in [4.78, 5) is 23.9. The van der Waals surface area contributed by atoms with Crippen LogP contribution in [0.4, 0.5) is 11.8 Å². The number of amides is 1. The zero-order chi connectivity index (χ0) is 22.8. The second-order valence-corrected chi connectivity index (χ2v) is 8.40. The van der Waals surface area contributed by atoms with E-state index in [0.29, 0.717) is 29.5 Å². The molecule has 13 heteroatoms. The molecule has 3 aromatic rings. The average Bonchev–Trinajstić information content (AvgIpc) is 3.33. The fourth-order valence-electron chi connectivity index (χ4n) is 3.51. The molecule has 0 spiro atoms. The lowest BCUT2D eigenvalue weighted by molar-refractivity contribution is -0.122. The molecule has 2 aromatic heterocycles. The van der Waals surface area contributed by atoms with Gasteiger partial charge < -0.3 is 36.0 Å². The zero-order valence-corrected chi connectivity index (χ0v) is 19.0. The van der Waals surface area contributed by atoms with Crippen LogP contribution < -0.4 is 16.0 Å². The minimum atomic E-state index is -1.50. The van der Waals surface area contributed by atoms with Crippen molar-refractivity contribution in [2.75, 3.05) is 17.7 Å². The Morgan fingerprint density at radius 3 is 2.84 bits per heavy atom. The van der Waals surface area contributed by atoms with Crippen LogP contribution in [0.1, 0.15) is 11.8 Å². The van der Waals surface area contributed by atoms with Crippen molar-refractivity contribution in [3.63, 3.8) is 0 Å². The van der Waals surface area contributed by atoms with Gasteiger partial charge in [-0.05, 0) is 40.3 Å². The van der Waals surface area contributed by atoms with Crippen LogP contribution in [-0.2, 0) is 16.1 Å². The second-order valence-electron chi connectivity index (χ2n) is 7.16. The van der Waals surface area contributed by atoms with Crippen molar-refractivity contribution in [3.8, 4) is 0 Å². The third-order valence-corrected chi connectivity index (χ3v) is 5.76. The third kappa shape index (κ3) is 4.33. The van der Waals surface area contributed by atoms with E-state index >= 15 is 0 Å². The minimum Gasteiger partial charge on any atom is -0.387 e. The van der Waals surface area contributed by atoms with E-state index in [1.807, 2.05) is 24.3 Å². The van der Waals surface area contributed by atoms with Crippen LogP contribution in [0, 0.1) is 3.57 Å². The number of hydrogen-bond acceptors (Lipinski definition) is 10. The van der Waals surface area contributed by atoms with E-state index in [1.54, 1.807) is 7.05 Å². The van der Waals surface area contributed by atoms with Gasteiger partial charge >= 0.3 is 0 Å². The molecule has 0 saturated carbocycles. The van der Waals surface area contributed by atoms with Crippen LogP contribution in [0.3, 0.4) is 0 Å². The Balaban J connectivity index is 1.65. The summed E-state index contributed by atoms with van der Waals surface area (Å²) in [5, 5.41) is 39.1. The van der Waals surface area contributed by atoms with Crippen molar-refractivity contribution in [2.45, 2.75) is 37.3 Å². The first-order chi connectivity index (χ1) is 15.4. The first kappa shape index (κ1) is 22.6. The number of rotatable bonds is 8. The first-order valence-corrected chi connectivity index (χ1v) is 10.8. The molecule has 1 aliphatic heterocycles. The minimum absolute atomic E-state index is 0.283. The molecule has 0 radical (unpaired) electrons. The topological polar surface area (TPSA) is 167 Å². The number of anilines is 2. The van der Waals surface area contributed by atoms with E-state index in [4.69, 9.17) is 4.74 Å². The number of fused-ring (bicyclic) bond motifs is 1. The van der Waals surface area contributed by atoms with E-state index in [-0.39, 0.29) is 6.41 Å². The lowest BCUT2D eigenvalue weighted by Crippen LogP contribution is -2.46. The summed E-state index contributed by atoms with van der Waals surface area (Å²) in [5.41, 5.74) is 1.85. The standard InChI is InChI=1S/C19H22IN7O5/c1-21-19-25-15(22-6-9-3-2-4-10(20)5-9)11-16(26-19)27(7-23-11)18-13(30)12(29)14(32-18)17(31)24-8-28/h2-5,7-8,12-14,17-18,29-31H,6H2,1H3,(H,24,28)(H2,21,22,25,26)/t12-,13+,14-,17?,18+/m0/s1. The molecule has 1 amide bonds. The number of nitrogens with zero attached hydrogens (tertiary/aromatic N) is 4. The zero-order valence-electron chi connectivity index (χ0n) is 16.9. The molecule has 32 heavy (non-hydrogen) atoms. The molecule has 1 saturated heterocycles. The fourth-order valence-corrected chi connectivity index (χ4v) is 4.12. The molecule has 1 fully saturated rings. The number of aliphatic hydroxyl groups excluding tert-OH is 3. The molecule has 1 aromatic carbocycles. The van der Waals surface area contributed by atoms with Gasteiger partial charge in [-0.25, -0.2) is 4.98 Å². The summed E-state index contributed by atoms with van der Waals surface area (Å²) in [6.07, 6.45) is -4.96. The summed E-state index contributed by atoms with van der Waals surface area (Å²) in [5.74, 6) is 0.792. The predicted octanol–water partition coefficient (Wildman–Crippen LogP) is -0.232. The van der Waals surface area contributed by atoms with Crippen molar-refractivity contribution in [1.29, 1.82) is 0 Å². The summed E-state index contributed by atoms with van der Waals surface area (Å²) < 4.78 is 8.23. The number of imidazole rings is 1. The Bertz CT molecular complexity index is 1110. The van der Waals surface area contributed by atoms with Crippen molar-refractivity contribution in [2.24, 2.45) is 0 Å². The summed E-state index contributed by atoms with van der Waals surface area (Å²) >= 11 is 2.25. The highest BCUT2D eigenvalue weighted by molar-refractivity contribution is 14.1. The monoisotopic (exact) mass is 555 g/mol. The van der Waals surface area contributed by atoms with Crippen molar-refractivity contribution >= 4 is 51.9 Å². The molecule has 170 valence electrons. The number of nitrogens with one attached hydrogen (secondary N) is 3. The molecule has 0 aliphatic carbocycles. The molecule has 4 rings (SSSR count). The Morgan fingerprint density at radius 2 is 2.12 bits per heavy atom. The first-order valence-electron chi connectivity index (χ1n) is 9.73. The number of carbonyl (C=O) groups excluding carboxylic acids is 1. The van der Waals surface area contributed by atoms with E-state index in [1.165, 1.54) is 10.9 Å². The van der Waals surface area contributed by atoms with Crippen molar-refractivity contribution < 1.29 is 24.9 Å². The van der Waals surface area contributed by atoms with Crippen LogP contribution in [0.15, 0.2) is 30.6 Å². The van der Waals surface area contributed by atoms with Gasteiger partial charge in [-0.3, -0.25) is 9.36 Å². The number of benzene rings is 1. The van der Waals surface area contributed by atoms with E-state index in [9.17, 15) is 20.1 Å². The number of hydrogen-bond donors (Lipinski definition) is 6. The molecule has 6 N–H and O–H groups in total. The molecular formula is C19H22IN7O5. The fraction of sp³-hybridized carbons (Fsp3) is 0.368. The molecule has 1 aliphatic rings. The maximum Gasteiger partial charge on any atom is 0.226 e. The highest BCUT2D eigenvalue weighted by Gasteiger charge is 2.47. The normalized spacial score (nSPS) is 23.8. The highest BCUT2D eigenvalue weighted by Crippen LogP contribution is 2.33. The molecule has 12 nitrogen and oxygen atoms in total. The van der Waals surface area contributed by atoms with Crippen molar-refractivity contribution in [1.82, 2.24) is 24.8 Å². The summed E-state index contributed by atoms with van der Waals surface area (Å²) in [6.45, 7) is 0.506. The SMILES string of the molecule is CNc1nc(NCc2cccc(I)c2)c2ncn([C@@H]3O[C@H](C(O)NC=O)[C@@H](O)[C@H]3O)c2n1. The lowest BCUT2D eigenvalue weighted by Gasteiger charge is -2.20. The van der Waals surface area contributed by atoms with Crippen LogP contribution in [0.5, 0.6) is 0 Å². The summed E-state index contributed by atoms with van der Waals surface area (Å²) in [7, 11) is 1.67. The third-order valence-electron chi connectivity index (χ3n) is 5.09. The van der Waals surface area contributed by atoms with E-state index < -0.39 is 30.8 Å². The predicted molar refractivity (Wildman–Crippen MR) is 122 cm³/mol. The van der Waals surface area contributed by atoms with Gasteiger partial charge in [-0.15, -0.1) is 0 Å². The van der Waals surface area contributed by atoms with Gasteiger partial charge in [0.2, 0.25) is 12.4 Å². The van der Waals surface area contributed by atoms with E-state index in [0.717, 1.165) is 9.13 Å². The maximum absolute atomic E-state index is 10.6. The van der Waals surface area contributed by atoms with Gasteiger partial charge in [0.25, 0.3) is 0 Å². The molecule has 5 atom stereocenters. The van der Waals surface area contributed by atoms with Gasteiger partial charge in [0, 0.05) is 17.2 Å². The quantitative estimate of drug-likeness (QED) is 0.124. The smallest absolute Gasteiger partial charge is 0.226 e. The van der Waals surface area contributed by atoms with E-state index in [2.05, 4.69) is 53.5 Å². The number of halogens is 1. The largest absolute Gasteiger partial charge is 0.387 e. The van der Waals surface area contributed by atoms with Gasteiger partial charge in [-0.1, -0.05) is 12.1 Å². The van der Waals surface area contributed by atoms with Crippen LogP contribution in [0.25, 0.3) is 11.2 Å². The number of aliphatic hydroxyl groups is 3. The number of carbonyl (C=O) groups is 1. The molecule has 1 unspecified atom stereocenters. The van der Waals surface area contributed by atoms with Crippen LogP contribution >= 0.6 is 22.6 Å². The van der Waals surface area contributed by atoms with Crippen LogP contribution in [-0.4, -0.2) is 72.8 Å². The highest BCUT2D eigenvalue weighted by atomic mass is 127.